The van der Waals surface area contributed by atoms with Gasteiger partial charge in [0, 0.05) is 6.07 Å². The minimum Gasteiger partial charge on any atom is -0.468 e. The Hall–Kier alpha value is -2.74. The predicted octanol–water partition coefficient (Wildman–Crippen LogP) is 2.17. The van der Waals surface area contributed by atoms with E-state index in [1.165, 1.54) is 36.3 Å². The number of fused-ring (bicyclic) bond motifs is 1. The third-order valence-corrected chi connectivity index (χ3v) is 4.56. The zero-order valence-corrected chi connectivity index (χ0v) is 14.0. The first-order valence-corrected chi connectivity index (χ1v) is 8.13. The molecule has 1 aromatic carbocycles. The van der Waals surface area contributed by atoms with Crippen molar-refractivity contribution in [3.63, 3.8) is 0 Å². The van der Waals surface area contributed by atoms with E-state index in [9.17, 15) is 9.59 Å². The Morgan fingerprint density at radius 3 is 2.88 bits per heavy atom. The highest BCUT2D eigenvalue weighted by atomic mass is 32.1. The van der Waals surface area contributed by atoms with Crippen LogP contribution in [0.2, 0.25) is 0 Å². The Morgan fingerprint density at radius 1 is 1.38 bits per heavy atom. The molecule has 0 saturated carbocycles. The van der Waals surface area contributed by atoms with Gasteiger partial charge in [-0.05, 0) is 24.1 Å². The highest BCUT2D eigenvalue weighted by Crippen LogP contribution is 2.20. The van der Waals surface area contributed by atoms with Crippen LogP contribution in [0.15, 0.2) is 40.0 Å². The summed E-state index contributed by atoms with van der Waals surface area (Å²) in [5.74, 6) is -0.914. The van der Waals surface area contributed by atoms with E-state index in [1.807, 2.05) is 18.2 Å². The second-order valence-corrected chi connectivity index (χ2v) is 6.01. The van der Waals surface area contributed by atoms with E-state index in [0.29, 0.717) is 4.80 Å². The third kappa shape index (κ3) is 3.13. The zero-order chi connectivity index (χ0) is 17.1. The molecule has 0 aliphatic heterocycles. The van der Waals surface area contributed by atoms with E-state index in [0.717, 1.165) is 16.6 Å². The quantitative estimate of drug-likeness (QED) is 0.676. The van der Waals surface area contributed by atoms with E-state index in [-0.39, 0.29) is 12.3 Å². The van der Waals surface area contributed by atoms with Crippen molar-refractivity contribution < 1.29 is 18.8 Å². The third-order valence-electron chi connectivity index (χ3n) is 3.52. The molecule has 2 aromatic heterocycles. The number of carbonyl (C=O) groups is 2. The molecule has 0 aliphatic rings. The van der Waals surface area contributed by atoms with Gasteiger partial charge in [-0.2, -0.15) is 4.99 Å². The van der Waals surface area contributed by atoms with E-state index in [2.05, 4.69) is 17.1 Å². The molecule has 3 rings (SSSR count). The Balaban J connectivity index is 2.15. The van der Waals surface area contributed by atoms with Crippen molar-refractivity contribution >= 4 is 33.4 Å². The van der Waals surface area contributed by atoms with Gasteiger partial charge >= 0.3 is 11.9 Å². The minimum atomic E-state index is -0.548. The second-order valence-electron chi connectivity index (χ2n) is 5.00. The summed E-state index contributed by atoms with van der Waals surface area (Å²) in [6.45, 7) is 2.04. The lowest BCUT2D eigenvalue weighted by Crippen LogP contribution is -2.22. The molecule has 3 aromatic rings. The van der Waals surface area contributed by atoms with Crippen molar-refractivity contribution in [2.24, 2.45) is 4.99 Å². The van der Waals surface area contributed by atoms with Crippen molar-refractivity contribution in [3.05, 3.63) is 46.6 Å². The molecule has 0 spiro atoms. The van der Waals surface area contributed by atoms with Gasteiger partial charge in [-0.25, -0.2) is 0 Å². The van der Waals surface area contributed by atoms with Crippen molar-refractivity contribution in [2.75, 3.05) is 7.11 Å². The Labute approximate surface area is 141 Å². The van der Waals surface area contributed by atoms with Crippen LogP contribution in [0.4, 0.5) is 0 Å². The molecular weight excluding hydrogens is 330 g/mol. The number of esters is 1. The second kappa shape index (κ2) is 6.79. The lowest BCUT2D eigenvalue weighted by molar-refractivity contribution is -0.141. The van der Waals surface area contributed by atoms with Crippen LogP contribution < -0.4 is 4.80 Å². The SMILES string of the molecule is CCc1ccc2c(c1)sc(=NC(=O)c1ccno1)n2CC(=O)OC. The minimum absolute atomic E-state index is 0.0233. The van der Waals surface area contributed by atoms with Gasteiger partial charge in [0.25, 0.3) is 0 Å². The Bertz CT molecular complexity index is 954. The van der Waals surface area contributed by atoms with Crippen LogP contribution in [0.1, 0.15) is 23.0 Å². The average Bonchev–Trinajstić information content (AvgIpc) is 3.23. The molecule has 8 heteroatoms. The maximum atomic E-state index is 12.2. The smallest absolute Gasteiger partial charge is 0.325 e. The van der Waals surface area contributed by atoms with E-state index in [1.54, 1.807) is 4.57 Å². The molecule has 0 N–H and O–H groups in total. The number of methoxy groups -OCH3 is 1. The summed E-state index contributed by atoms with van der Waals surface area (Å²) in [4.78, 5) is 28.4. The fourth-order valence-corrected chi connectivity index (χ4v) is 3.33. The van der Waals surface area contributed by atoms with Crippen LogP contribution in [0.5, 0.6) is 0 Å². The van der Waals surface area contributed by atoms with Gasteiger partial charge in [0.05, 0.1) is 23.5 Å². The van der Waals surface area contributed by atoms with Crippen LogP contribution >= 0.6 is 11.3 Å². The van der Waals surface area contributed by atoms with Crippen LogP contribution in [-0.4, -0.2) is 28.7 Å². The Morgan fingerprint density at radius 2 is 2.21 bits per heavy atom. The number of aromatic nitrogens is 2. The van der Waals surface area contributed by atoms with Crippen molar-refractivity contribution in [2.45, 2.75) is 19.9 Å². The predicted molar refractivity (Wildman–Crippen MR) is 87.6 cm³/mol. The van der Waals surface area contributed by atoms with E-state index >= 15 is 0 Å². The van der Waals surface area contributed by atoms with Gasteiger partial charge in [0.2, 0.25) is 5.76 Å². The van der Waals surface area contributed by atoms with Crippen molar-refractivity contribution in [1.29, 1.82) is 0 Å². The van der Waals surface area contributed by atoms with Gasteiger partial charge in [-0.1, -0.05) is 29.5 Å². The Kier molecular flexibility index (Phi) is 4.57. The number of carbonyl (C=O) groups excluding carboxylic acids is 2. The molecule has 0 aliphatic carbocycles. The molecule has 24 heavy (non-hydrogen) atoms. The number of rotatable bonds is 4. The number of hydrogen-bond acceptors (Lipinski definition) is 6. The number of nitrogens with zero attached hydrogens (tertiary/aromatic N) is 3. The monoisotopic (exact) mass is 345 g/mol. The molecule has 0 bridgehead atoms. The summed E-state index contributed by atoms with van der Waals surface area (Å²) in [6, 6.07) is 7.39. The van der Waals surface area contributed by atoms with Gasteiger partial charge in [-0.3, -0.25) is 9.59 Å². The van der Waals surface area contributed by atoms with E-state index in [4.69, 9.17) is 9.26 Å². The lowest BCUT2D eigenvalue weighted by Gasteiger charge is -2.04. The van der Waals surface area contributed by atoms with Crippen LogP contribution in [0.25, 0.3) is 10.2 Å². The number of aryl methyl sites for hydroxylation is 1. The topological polar surface area (TPSA) is 86.7 Å². The van der Waals surface area contributed by atoms with Gasteiger partial charge in [0.15, 0.2) is 4.80 Å². The van der Waals surface area contributed by atoms with Crippen molar-refractivity contribution in [3.8, 4) is 0 Å². The molecule has 0 fully saturated rings. The zero-order valence-electron chi connectivity index (χ0n) is 13.2. The summed E-state index contributed by atoms with van der Waals surface area (Å²) >= 11 is 1.34. The average molecular weight is 345 g/mol. The molecule has 7 nitrogen and oxygen atoms in total. The number of hydrogen-bond donors (Lipinski definition) is 0. The van der Waals surface area contributed by atoms with E-state index < -0.39 is 11.9 Å². The molecule has 0 radical (unpaired) electrons. The first-order valence-electron chi connectivity index (χ1n) is 7.31. The highest BCUT2D eigenvalue weighted by molar-refractivity contribution is 7.16. The van der Waals surface area contributed by atoms with Crippen LogP contribution in [0, 0.1) is 0 Å². The van der Waals surface area contributed by atoms with Crippen LogP contribution in [0.3, 0.4) is 0 Å². The van der Waals surface area contributed by atoms with Gasteiger partial charge in [-0.15, -0.1) is 0 Å². The van der Waals surface area contributed by atoms with Crippen LogP contribution in [-0.2, 0) is 22.5 Å². The fourth-order valence-electron chi connectivity index (χ4n) is 2.24. The molecule has 1 amide bonds. The molecule has 0 atom stereocenters. The summed E-state index contributed by atoms with van der Waals surface area (Å²) in [6.07, 6.45) is 2.28. The maximum absolute atomic E-state index is 12.2. The molecular formula is C16H15N3O4S. The maximum Gasteiger partial charge on any atom is 0.325 e. The molecule has 124 valence electrons. The fraction of sp³-hybridized carbons (Fsp3) is 0.250. The number of thiazole rings is 1. The van der Waals surface area contributed by atoms with Gasteiger partial charge in [0.1, 0.15) is 6.54 Å². The summed E-state index contributed by atoms with van der Waals surface area (Å²) in [7, 11) is 1.32. The molecule has 0 saturated heterocycles. The highest BCUT2D eigenvalue weighted by Gasteiger charge is 2.14. The standard InChI is InChI=1S/C16H15N3O4S/c1-3-10-4-5-11-13(8-10)24-16(19(11)9-14(20)22-2)18-15(21)12-6-7-17-23-12/h4-8H,3,9H2,1-2H3. The molecule has 0 unspecified atom stereocenters. The first-order chi connectivity index (χ1) is 11.6. The summed E-state index contributed by atoms with van der Waals surface area (Å²) < 4.78 is 12.2. The van der Waals surface area contributed by atoms with Crippen molar-refractivity contribution in [1.82, 2.24) is 9.72 Å². The number of ether oxygens (including phenoxy) is 1. The molecule has 2 heterocycles. The number of amides is 1. The normalized spacial score (nSPS) is 11.8. The summed E-state index contributed by atoms with van der Waals surface area (Å²) in [5.41, 5.74) is 1.99. The lowest BCUT2D eigenvalue weighted by atomic mass is 10.2. The summed E-state index contributed by atoms with van der Waals surface area (Å²) in [5, 5.41) is 3.50. The largest absolute Gasteiger partial charge is 0.468 e. The van der Waals surface area contributed by atoms with Gasteiger partial charge < -0.3 is 13.8 Å². The number of benzene rings is 1. The first kappa shape index (κ1) is 16.1.